The van der Waals surface area contributed by atoms with E-state index in [9.17, 15) is 5.11 Å². The molecule has 2 aliphatic heterocycles. The topological polar surface area (TPSA) is 57.2 Å². The molecule has 5 saturated carbocycles. The summed E-state index contributed by atoms with van der Waals surface area (Å²) in [7, 11) is -1.94. The molecule has 0 aromatic rings. The lowest BCUT2D eigenvalue weighted by Gasteiger charge is -2.64. The molecule has 2 spiro atoms. The van der Waals surface area contributed by atoms with Gasteiger partial charge >= 0.3 is 0 Å². The minimum atomic E-state index is -1.94. The molecule has 47 heavy (non-hydrogen) atoms. The Kier molecular flexibility index (Phi) is 9.07. The Balaban J connectivity index is 1.25. The number of fused-ring (bicyclic) bond motifs is 4. The van der Waals surface area contributed by atoms with Gasteiger partial charge in [0.25, 0.3) is 0 Å². The van der Waals surface area contributed by atoms with Gasteiger partial charge in [-0.05, 0) is 140 Å². The van der Waals surface area contributed by atoms with Crippen molar-refractivity contribution < 1.29 is 23.7 Å². The van der Waals surface area contributed by atoms with Gasteiger partial charge in [0, 0.05) is 12.0 Å². The van der Waals surface area contributed by atoms with Gasteiger partial charge in [0.1, 0.15) is 0 Å². The molecule has 6 heteroatoms. The van der Waals surface area contributed by atoms with E-state index in [4.69, 9.17) is 18.6 Å². The van der Waals surface area contributed by atoms with Gasteiger partial charge in [0.2, 0.25) is 0 Å². The van der Waals surface area contributed by atoms with E-state index >= 15 is 0 Å². The Morgan fingerprint density at radius 2 is 1.55 bits per heavy atom. The predicted molar refractivity (Wildman–Crippen MR) is 191 cm³/mol. The van der Waals surface area contributed by atoms with Crippen molar-refractivity contribution in [3.63, 3.8) is 0 Å². The molecule has 270 valence electrons. The highest BCUT2D eigenvalue weighted by Crippen LogP contribution is 2.89. The predicted octanol–water partition coefficient (Wildman–Crippen LogP) is 9.76. The van der Waals surface area contributed by atoms with Crippen LogP contribution in [0.25, 0.3) is 0 Å². The van der Waals surface area contributed by atoms with Crippen LogP contribution < -0.4 is 0 Å². The van der Waals surface area contributed by atoms with Crippen LogP contribution in [0.5, 0.6) is 0 Å². The number of hydrogen-bond acceptors (Lipinski definition) is 5. The average Bonchev–Trinajstić information content (AvgIpc) is 3.68. The van der Waals surface area contributed by atoms with E-state index in [1.165, 1.54) is 75.9 Å². The zero-order valence-corrected chi connectivity index (χ0v) is 33.0. The maximum atomic E-state index is 11.4. The Morgan fingerprint density at radius 1 is 0.872 bits per heavy atom. The van der Waals surface area contributed by atoms with Crippen molar-refractivity contribution in [2.75, 3.05) is 6.61 Å². The molecule has 7 fully saturated rings. The van der Waals surface area contributed by atoms with Crippen LogP contribution in [0.3, 0.4) is 0 Å². The van der Waals surface area contributed by atoms with Gasteiger partial charge in [-0.25, -0.2) is 0 Å². The molecule has 14 atom stereocenters. The van der Waals surface area contributed by atoms with Gasteiger partial charge in [-0.3, -0.25) is 0 Å². The van der Waals surface area contributed by atoms with Crippen LogP contribution in [-0.4, -0.2) is 56.8 Å². The fourth-order valence-corrected chi connectivity index (χ4v) is 17.6. The molecule has 2 saturated heterocycles. The summed E-state index contributed by atoms with van der Waals surface area (Å²) >= 11 is 0. The lowest BCUT2D eigenvalue weighted by Crippen LogP contribution is -2.61. The van der Waals surface area contributed by atoms with Gasteiger partial charge in [-0.15, -0.1) is 0 Å². The first kappa shape index (κ1) is 35.4. The largest absolute Gasteiger partial charge is 0.411 e. The Hall–Kier alpha value is 0.0169. The molecule has 0 bridgehead atoms. The van der Waals surface area contributed by atoms with E-state index in [1.54, 1.807) is 0 Å². The molecule has 1 N–H and O–H groups in total. The summed E-state index contributed by atoms with van der Waals surface area (Å²) < 4.78 is 28.1. The quantitative estimate of drug-likeness (QED) is 0.195. The van der Waals surface area contributed by atoms with E-state index < -0.39 is 14.4 Å². The van der Waals surface area contributed by atoms with Crippen molar-refractivity contribution in [1.29, 1.82) is 0 Å². The second-order valence-corrected chi connectivity index (χ2v) is 24.3. The zero-order chi connectivity index (χ0) is 33.8. The summed E-state index contributed by atoms with van der Waals surface area (Å²) in [5.74, 6) is 2.62. The van der Waals surface area contributed by atoms with Crippen LogP contribution in [0.1, 0.15) is 140 Å². The van der Waals surface area contributed by atoms with Crippen molar-refractivity contribution in [1.82, 2.24) is 0 Å². The second kappa shape index (κ2) is 12.0. The molecule has 5 aliphatic carbocycles. The normalized spacial score (nSPS) is 50.9. The van der Waals surface area contributed by atoms with Crippen LogP contribution in [0.15, 0.2) is 0 Å². The third kappa shape index (κ3) is 4.82. The lowest BCUT2D eigenvalue weighted by atomic mass is 9.41. The van der Waals surface area contributed by atoms with Crippen LogP contribution in [0.4, 0.5) is 0 Å². The SMILES string of the molecule is CC[Si](CC)(CC)O[C@H]1[C@H]2O[C@@H]([C@H](O)C(C)C)C[C@@H](C)[C@@H]2[C@@]2(C)CCC34C[C@@]35CCC(O[C@H]3CCCCO3)C(C)(C)[C@@H]5CC[C@H]4[C@]12C. The summed E-state index contributed by atoms with van der Waals surface area (Å²) in [6.45, 7) is 25.4. The van der Waals surface area contributed by atoms with E-state index in [1.807, 2.05) is 0 Å². The van der Waals surface area contributed by atoms with Crippen molar-refractivity contribution in [3.05, 3.63) is 0 Å². The number of ether oxygens (including phenoxy) is 3. The van der Waals surface area contributed by atoms with Crippen molar-refractivity contribution in [2.45, 2.75) is 195 Å². The molecular weight excluding hydrogens is 601 g/mol. The first-order chi connectivity index (χ1) is 22.2. The third-order valence-corrected chi connectivity index (χ3v) is 22.2. The molecule has 2 heterocycles. The molecule has 0 aromatic carbocycles. The van der Waals surface area contributed by atoms with E-state index in [0.717, 1.165) is 25.4 Å². The fraction of sp³-hybridized carbons (Fsp3) is 1.00. The average molecular weight is 673 g/mol. The summed E-state index contributed by atoms with van der Waals surface area (Å²) in [6.07, 6.45) is 13.7. The number of aliphatic hydroxyl groups excluding tert-OH is 1. The molecule has 5 nitrogen and oxygen atoms in total. The highest BCUT2D eigenvalue weighted by molar-refractivity contribution is 6.73. The number of hydrogen-bond donors (Lipinski definition) is 1. The molecule has 0 aromatic heterocycles. The summed E-state index contributed by atoms with van der Waals surface area (Å²) in [6, 6.07) is 3.53. The Labute approximate surface area is 289 Å². The maximum Gasteiger partial charge on any atom is 0.192 e. The van der Waals surface area contributed by atoms with Gasteiger partial charge in [0.05, 0.1) is 30.5 Å². The van der Waals surface area contributed by atoms with Gasteiger partial charge in [-0.2, -0.15) is 0 Å². The summed E-state index contributed by atoms with van der Waals surface area (Å²) in [4.78, 5) is 0. The van der Waals surface area contributed by atoms with Crippen LogP contribution >= 0.6 is 0 Å². The van der Waals surface area contributed by atoms with Crippen LogP contribution in [0, 0.1) is 56.7 Å². The standard InChI is InChI=1S/C41H72O5Si/c1-11-47(12-2,13-3)46-36-35-33(27(6)24-28(44-35)34(42)26(4)5)38(9)21-22-41-25-40(41)20-19-31(45-32-16-14-15-23-43-32)37(7,8)29(40)17-18-30(41)39(36,38)10/h26-36,42H,11-25H2,1-10H3/t27-,28-,29+,30+,31?,32+,33+,34-,35+,36+,38-,39-,40-,41?/m1/s1. The molecule has 0 amide bonds. The Morgan fingerprint density at radius 3 is 2.19 bits per heavy atom. The first-order valence-corrected chi connectivity index (χ1v) is 23.0. The highest BCUT2D eigenvalue weighted by atomic mass is 28.4. The van der Waals surface area contributed by atoms with Crippen molar-refractivity contribution >= 4 is 8.32 Å². The van der Waals surface area contributed by atoms with Gasteiger partial charge in [0.15, 0.2) is 14.6 Å². The molecule has 7 aliphatic rings. The second-order valence-electron chi connectivity index (χ2n) is 19.5. The van der Waals surface area contributed by atoms with Crippen molar-refractivity contribution in [2.24, 2.45) is 56.7 Å². The van der Waals surface area contributed by atoms with E-state index in [0.29, 0.717) is 34.7 Å². The minimum Gasteiger partial charge on any atom is -0.411 e. The summed E-state index contributed by atoms with van der Waals surface area (Å²) in [5, 5.41) is 11.4. The Bertz CT molecular complexity index is 1140. The van der Waals surface area contributed by atoms with Crippen LogP contribution in [0.2, 0.25) is 18.1 Å². The molecule has 2 unspecified atom stereocenters. The monoisotopic (exact) mass is 673 g/mol. The fourth-order valence-electron chi connectivity index (χ4n) is 14.6. The van der Waals surface area contributed by atoms with Gasteiger partial charge < -0.3 is 23.7 Å². The highest BCUT2D eigenvalue weighted by Gasteiger charge is 2.85. The summed E-state index contributed by atoms with van der Waals surface area (Å²) in [5.41, 5.74) is 1.31. The molecular formula is C41H72O5Si. The molecule has 0 radical (unpaired) electrons. The first-order valence-electron chi connectivity index (χ1n) is 20.5. The number of aliphatic hydroxyl groups is 1. The molecule has 7 rings (SSSR count). The van der Waals surface area contributed by atoms with E-state index in [-0.39, 0.29) is 46.8 Å². The lowest BCUT2D eigenvalue weighted by molar-refractivity contribution is -0.242. The number of rotatable bonds is 9. The maximum absolute atomic E-state index is 11.4. The third-order valence-electron chi connectivity index (χ3n) is 17.6. The minimum absolute atomic E-state index is 0.000720. The van der Waals surface area contributed by atoms with Gasteiger partial charge in [-0.1, -0.05) is 69.2 Å². The van der Waals surface area contributed by atoms with Crippen molar-refractivity contribution in [3.8, 4) is 0 Å². The smallest absolute Gasteiger partial charge is 0.192 e. The van der Waals surface area contributed by atoms with Crippen LogP contribution in [-0.2, 0) is 18.6 Å². The van der Waals surface area contributed by atoms with E-state index in [2.05, 4.69) is 69.2 Å². The zero-order valence-electron chi connectivity index (χ0n) is 32.0.